The van der Waals surface area contributed by atoms with Crippen molar-refractivity contribution in [3.05, 3.63) is 150 Å². The molecule has 5 aromatic carbocycles. The second-order valence-electron chi connectivity index (χ2n) is 9.17. The molecule has 5 rings (SSSR count). The van der Waals surface area contributed by atoms with E-state index in [2.05, 4.69) is 5.32 Å². The summed E-state index contributed by atoms with van der Waals surface area (Å²) < 4.78 is 18.8. The van der Waals surface area contributed by atoms with Crippen LogP contribution in [0.25, 0.3) is 0 Å². The summed E-state index contributed by atoms with van der Waals surface area (Å²) in [5, 5.41) is 2.89. The minimum absolute atomic E-state index is 0.289. The number of hydrogen-bond donors (Lipinski definition) is 2. The van der Waals surface area contributed by atoms with Gasteiger partial charge in [-0.2, -0.15) is 0 Å². The lowest BCUT2D eigenvalue weighted by Crippen LogP contribution is -2.14. The minimum atomic E-state index is -0.346. The second kappa shape index (κ2) is 13.0. The Bertz CT molecular complexity index is 1480. The van der Waals surface area contributed by atoms with Gasteiger partial charge >= 0.3 is 0 Å². The smallest absolute Gasteiger partial charge is 0.255 e. The van der Waals surface area contributed by atoms with Crippen LogP contribution in [0.1, 0.15) is 27.0 Å². The van der Waals surface area contributed by atoms with Crippen LogP contribution < -0.4 is 25.3 Å². The highest BCUT2D eigenvalue weighted by Gasteiger charge is 2.20. The lowest BCUT2D eigenvalue weighted by Gasteiger charge is -2.19. The number of anilines is 2. The monoisotopic (exact) mass is 530 g/mol. The van der Waals surface area contributed by atoms with Crippen LogP contribution in [-0.2, 0) is 19.8 Å². The summed E-state index contributed by atoms with van der Waals surface area (Å²) in [5.41, 5.74) is 10.4. The van der Waals surface area contributed by atoms with Crippen LogP contribution in [0.4, 0.5) is 11.4 Å². The summed E-state index contributed by atoms with van der Waals surface area (Å²) in [4.78, 5) is 13.4. The third kappa shape index (κ3) is 6.99. The Kier molecular flexibility index (Phi) is 8.59. The van der Waals surface area contributed by atoms with E-state index < -0.39 is 0 Å². The largest absolute Gasteiger partial charge is 0.485 e. The van der Waals surface area contributed by atoms with Crippen LogP contribution in [0, 0.1) is 0 Å². The molecule has 0 saturated carbocycles. The van der Waals surface area contributed by atoms with Crippen molar-refractivity contribution in [2.75, 3.05) is 11.1 Å². The first-order valence-corrected chi connectivity index (χ1v) is 13.0. The molecular weight excluding hydrogens is 500 g/mol. The van der Waals surface area contributed by atoms with Gasteiger partial charge in [-0.1, -0.05) is 103 Å². The van der Waals surface area contributed by atoms with Gasteiger partial charge in [-0.05, 0) is 41.0 Å². The molecule has 0 saturated heterocycles. The third-order valence-corrected chi connectivity index (χ3v) is 6.19. The summed E-state index contributed by atoms with van der Waals surface area (Å²) in [7, 11) is 0. The topological polar surface area (TPSA) is 82.8 Å². The van der Waals surface area contributed by atoms with Gasteiger partial charge in [-0.25, -0.2) is 0 Å². The van der Waals surface area contributed by atoms with Gasteiger partial charge in [-0.3, -0.25) is 4.79 Å². The second-order valence-corrected chi connectivity index (χ2v) is 9.17. The van der Waals surface area contributed by atoms with Crippen molar-refractivity contribution in [3.8, 4) is 17.2 Å². The highest BCUT2D eigenvalue weighted by molar-refractivity contribution is 6.06. The van der Waals surface area contributed by atoms with Crippen molar-refractivity contribution in [3.63, 3.8) is 0 Å². The van der Waals surface area contributed by atoms with E-state index in [1.807, 2.05) is 103 Å². The molecule has 3 N–H and O–H groups in total. The summed E-state index contributed by atoms with van der Waals surface area (Å²) in [5.74, 6) is 0.876. The highest BCUT2D eigenvalue weighted by atomic mass is 16.5. The van der Waals surface area contributed by atoms with Gasteiger partial charge < -0.3 is 25.3 Å². The van der Waals surface area contributed by atoms with E-state index in [0.717, 1.165) is 16.7 Å². The van der Waals surface area contributed by atoms with Crippen molar-refractivity contribution >= 4 is 17.3 Å². The van der Waals surface area contributed by atoms with Crippen LogP contribution in [-0.4, -0.2) is 5.91 Å². The van der Waals surface area contributed by atoms with Crippen LogP contribution in [0.2, 0.25) is 0 Å². The predicted octanol–water partition coefficient (Wildman–Crippen LogP) is 7.26. The zero-order valence-electron chi connectivity index (χ0n) is 22.0. The number of nitrogens with two attached hydrogens (primary N) is 1. The molecule has 6 nitrogen and oxygen atoms in total. The fourth-order valence-electron chi connectivity index (χ4n) is 4.07. The molecule has 6 heteroatoms. The number of hydrogen-bond acceptors (Lipinski definition) is 5. The number of carbonyl (C=O) groups excluding carboxylic acids is 1. The summed E-state index contributed by atoms with van der Waals surface area (Å²) in [6, 6.07) is 39.9. The molecule has 0 spiro atoms. The van der Waals surface area contributed by atoms with Gasteiger partial charge in [0, 0.05) is 5.56 Å². The highest BCUT2D eigenvalue weighted by Crippen LogP contribution is 2.41. The Morgan fingerprint density at radius 1 is 0.575 bits per heavy atom. The fourth-order valence-corrected chi connectivity index (χ4v) is 4.07. The molecule has 0 radical (unpaired) electrons. The summed E-state index contributed by atoms with van der Waals surface area (Å²) in [6.45, 7) is 0.880. The number of benzene rings is 5. The quantitative estimate of drug-likeness (QED) is 0.176. The Morgan fingerprint density at radius 3 is 1.48 bits per heavy atom. The Hall–Kier alpha value is -5.23. The van der Waals surface area contributed by atoms with Crippen LogP contribution >= 0.6 is 0 Å². The van der Waals surface area contributed by atoms with E-state index >= 15 is 0 Å². The lowest BCUT2D eigenvalue weighted by molar-refractivity contribution is 0.102. The first kappa shape index (κ1) is 26.4. The first-order chi connectivity index (χ1) is 19.7. The number of rotatable bonds is 11. The molecule has 0 aliphatic carbocycles. The van der Waals surface area contributed by atoms with E-state index in [9.17, 15) is 4.79 Å². The van der Waals surface area contributed by atoms with E-state index in [0.29, 0.717) is 40.8 Å². The molecule has 5 aromatic rings. The molecule has 1 amide bonds. The Balaban J connectivity index is 1.50. The molecule has 0 unspecified atom stereocenters. The van der Waals surface area contributed by atoms with Gasteiger partial charge in [0.2, 0.25) is 5.75 Å². The molecule has 40 heavy (non-hydrogen) atoms. The minimum Gasteiger partial charge on any atom is -0.485 e. The maximum Gasteiger partial charge on any atom is 0.255 e. The van der Waals surface area contributed by atoms with Crippen molar-refractivity contribution in [2.24, 2.45) is 0 Å². The SMILES string of the molecule is Nc1ccccc1NC(=O)c1cc(OCc2ccccc2)c(OCc2ccccc2)c(OCc2ccccc2)c1. The Morgan fingerprint density at radius 2 is 1.00 bits per heavy atom. The van der Waals surface area contributed by atoms with E-state index in [-0.39, 0.29) is 19.1 Å². The van der Waals surface area contributed by atoms with Crippen molar-refractivity contribution < 1.29 is 19.0 Å². The molecule has 0 fully saturated rings. The van der Waals surface area contributed by atoms with Gasteiger partial charge in [0.05, 0.1) is 11.4 Å². The number of nitrogens with one attached hydrogen (secondary N) is 1. The zero-order chi connectivity index (χ0) is 27.6. The van der Waals surface area contributed by atoms with Crippen LogP contribution in [0.3, 0.4) is 0 Å². The normalized spacial score (nSPS) is 10.5. The molecular formula is C34H30N2O4. The molecule has 0 aliphatic heterocycles. The lowest BCUT2D eigenvalue weighted by atomic mass is 10.1. The molecule has 0 heterocycles. The molecule has 0 atom stereocenters. The number of para-hydroxylation sites is 2. The van der Waals surface area contributed by atoms with Crippen molar-refractivity contribution in [1.82, 2.24) is 0 Å². The zero-order valence-corrected chi connectivity index (χ0v) is 22.0. The Labute approximate surface area is 234 Å². The molecule has 0 aliphatic rings. The van der Waals surface area contributed by atoms with Crippen LogP contribution in [0.5, 0.6) is 17.2 Å². The standard InChI is InChI=1S/C34H30N2O4/c35-29-18-10-11-19-30(29)36-34(37)28-20-31(38-22-25-12-4-1-5-13-25)33(40-24-27-16-8-3-9-17-27)32(21-28)39-23-26-14-6-2-7-15-26/h1-21H,22-24,35H2,(H,36,37). The van der Waals surface area contributed by atoms with E-state index in [1.54, 1.807) is 24.3 Å². The maximum absolute atomic E-state index is 13.4. The third-order valence-electron chi connectivity index (χ3n) is 6.19. The maximum atomic E-state index is 13.4. The van der Waals surface area contributed by atoms with Crippen molar-refractivity contribution in [2.45, 2.75) is 19.8 Å². The average Bonchev–Trinajstić information content (AvgIpc) is 3.00. The van der Waals surface area contributed by atoms with Gasteiger partial charge in [-0.15, -0.1) is 0 Å². The van der Waals surface area contributed by atoms with Crippen LogP contribution in [0.15, 0.2) is 127 Å². The fraction of sp³-hybridized carbons (Fsp3) is 0.0882. The molecule has 200 valence electrons. The average molecular weight is 531 g/mol. The summed E-state index contributed by atoms with van der Waals surface area (Å²) >= 11 is 0. The van der Waals surface area contributed by atoms with E-state index in [4.69, 9.17) is 19.9 Å². The number of nitrogen functional groups attached to an aromatic ring is 1. The number of ether oxygens (including phenoxy) is 3. The number of carbonyl (C=O) groups is 1. The summed E-state index contributed by atoms with van der Waals surface area (Å²) in [6.07, 6.45) is 0. The van der Waals surface area contributed by atoms with Gasteiger partial charge in [0.1, 0.15) is 19.8 Å². The molecule has 0 bridgehead atoms. The van der Waals surface area contributed by atoms with Gasteiger partial charge in [0.15, 0.2) is 11.5 Å². The number of amides is 1. The first-order valence-electron chi connectivity index (χ1n) is 13.0. The molecule has 0 aromatic heterocycles. The van der Waals surface area contributed by atoms with Crippen molar-refractivity contribution in [1.29, 1.82) is 0 Å². The van der Waals surface area contributed by atoms with Gasteiger partial charge in [0.25, 0.3) is 5.91 Å². The van der Waals surface area contributed by atoms with E-state index in [1.165, 1.54) is 0 Å². The predicted molar refractivity (Wildman–Crippen MR) is 158 cm³/mol.